The first-order valence-corrected chi connectivity index (χ1v) is 7.60. The van der Waals surface area contributed by atoms with Gasteiger partial charge in [0.2, 0.25) is 0 Å². The Hall–Kier alpha value is -0.870. The minimum absolute atomic E-state index is 0.287. The van der Waals surface area contributed by atoms with Crippen molar-refractivity contribution in [2.45, 2.75) is 30.0 Å². The molecule has 1 heterocycles. The van der Waals surface area contributed by atoms with E-state index < -0.39 is 16.1 Å². The van der Waals surface area contributed by atoms with Gasteiger partial charge >= 0.3 is 0 Å². The minimum Gasteiger partial charge on any atom is -0.330 e. The van der Waals surface area contributed by atoms with Gasteiger partial charge in [0.05, 0.1) is 6.04 Å². The molecule has 0 radical (unpaired) electrons. The number of rotatable bonds is 6. The fourth-order valence-electron chi connectivity index (χ4n) is 1.26. The van der Waals surface area contributed by atoms with E-state index in [1.54, 1.807) is 12.1 Å². The number of terminal acetylenes is 1. The average molecular weight is 272 g/mol. The molecule has 0 fully saturated rings. The summed E-state index contributed by atoms with van der Waals surface area (Å²) in [6.45, 7) is 2.34. The number of nitrogens with two attached hydrogens (primary N) is 1. The highest BCUT2D eigenvalue weighted by molar-refractivity contribution is 7.91. The molecule has 0 aliphatic rings. The van der Waals surface area contributed by atoms with E-state index >= 15 is 0 Å². The smallest absolute Gasteiger partial charge is 0.251 e. The van der Waals surface area contributed by atoms with Crippen LogP contribution < -0.4 is 10.5 Å². The number of sulfonamides is 1. The third-order valence-electron chi connectivity index (χ3n) is 2.20. The summed E-state index contributed by atoms with van der Waals surface area (Å²) in [7, 11) is -3.50. The molecule has 1 atom stereocenters. The molecule has 0 aliphatic heterocycles. The van der Waals surface area contributed by atoms with Crippen molar-refractivity contribution in [2.75, 3.05) is 6.54 Å². The molecular formula is C11H16N2O2S2. The van der Waals surface area contributed by atoms with Gasteiger partial charge in [0, 0.05) is 4.88 Å². The molecule has 0 amide bonds. The molecule has 1 aromatic heterocycles. The lowest BCUT2D eigenvalue weighted by atomic mass is 10.3. The van der Waals surface area contributed by atoms with E-state index in [1.165, 1.54) is 11.3 Å². The topological polar surface area (TPSA) is 72.2 Å². The molecule has 0 bridgehead atoms. The molecule has 1 unspecified atom stereocenters. The molecule has 17 heavy (non-hydrogen) atoms. The Bertz CT molecular complexity index is 500. The zero-order valence-electron chi connectivity index (χ0n) is 9.64. The molecule has 0 saturated carbocycles. The zero-order chi connectivity index (χ0) is 12.9. The van der Waals surface area contributed by atoms with Gasteiger partial charge in [-0.1, -0.05) is 12.8 Å². The van der Waals surface area contributed by atoms with Crippen molar-refractivity contribution in [2.24, 2.45) is 5.73 Å². The molecular weight excluding hydrogens is 256 g/mol. The molecule has 3 N–H and O–H groups in total. The normalized spacial score (nSPS) is 13.2. The molecule has 0 aromatic carbocycles. The standard InChI is InChI=1S/C11H16N2O2S2/c1-3-9(4-2)13-17(14,15)11-6-5-10(16-11)7-8-12/h1,5-6,9,13H,4,7-8,12H2,2H3. The maximum atomic E-state index is 12.0. The van der Waals surface area contributed by atoms with E-state index in [0.717, 1.165) is 4.88 Å². The lowest BCUT2D eigenvalue weighted by Gasteiger charge is -2.09. The molecule has 94 valence electrons. The van der Waals surface area contributed by atoms with Crippen LogP contribution in [0.4, 0.5) is 0 Å². The van der Waals surface area contributed by atoms with E-state index in [4.69, 9.17) is 12.2 Å². The highest BCUT2D eigenvalue weighted by Crippen LogP contribution is 2.22. The average Bonchev–Trinajstić information content (AvgIpc) is 2.76. The van der Waals surface area contributed by atoms with Crippen LogP contribution >= 0.6 is 11.3 Å². The summed E-state index contributed by atoms with van der Waals surface area (Å²) in [6.07, 6.45) is 6.48. The van der Waals surface area contributed by atoms with Crippen LogP contribution in [0, 0.1) is 12.3 Å². The number of nitrogens with one attached hydrogen (secondary N) is 1. The summed E-state index contributed by atoms with van der Waals surface area (Å²) in [6, 6.07) is 2.91. The predicted octanol–water partition coefficient (Wildman–Crippen LogP) is 0.939. The maximum absolute atomic E-state index is 12.0. The first kappa shape index (κ1) is 14.2. The third kappa shape index (κ3) is 3.82. The Labute approximate surface area is 106 Å². The summed E-state index contributed by atoms with van der Waals surface area (Å²) in [5, 5.41) is 0. The van der Waals surface area contributed by atoms with Crippen molar-refractivity contribution in [3.05, 3.63) is 17.0 Å². The van der Waals surface area contributed by atoms with Gasteiger partial charge in [0.15, 0.2) is 0 Å². The number of hydrogen-bond donors (Lipinski definition) is 2. The van der Waals surface area contributed by atoms with Gasteiger partial charge < -0.3 is 5.73 Å². The molecule has 0 aliphatic carbocycles. The van der Waals surface area contributed by atoms with Gasteiger partial charge in [-0.15, -0.1) is 17.8 Å². The summed E-state index contributed by atoms with van der Waals surface area (Å²) < 4.78 is 26.7. The Morgan fingerprint density at radius 3 is 2.82 bits per heavy atom. The first-order valence-electron chi connectivity index (χ1n) is 5.30. The van der Waals surface area contributed by atoms with Crippen LogP contribution in [0.1, 0.15) is 18.2 Å². The fraction of sp³-hybridized carbons (Fsp3) is 0.455. The zero-order valence-corrected chi connectivity index (χ0v) is 11.3. The number of thiophene rings is 1. The Morgan fingerprint density at radius 2 is 2.29 bits per heavy atom. The Morgan fingerprint density at radius 1 is 1.59 bits per heavy atom. The van der Waals surface area contributed by atoms with Crippen molar-refractivity contribution in [3.63, 3.8) is 0 Å². The van der Waals surface area contributed by atoms with E-state index in [2.05, 4.69) is 10.6 Å². The maximum Gasteiger partial charge on any atom is 0.251 e. The monoisotopic (exact) mass is 272 g/mol. The molecule has 6 heteroatoms. The van der Waals surface area contributed by atoms with Crippen molar-refractivity contribution in [3.8, 4) is 12.3 Å². The highest BCUT2D eigenvalue weighted by Gasteiger charge is 2.19. The van der Waals surface area contributed by atoms with E-state index in [1.807, 2.05) is 6.92 Å². The second-order valence-corrected chi connectivity index (χ2v) is 6.62. The molecule has 4 nitrogen and oxygen atoms in total. The minimum atomic E-state index is -3.50. The van der Waals surface area contributed by atoms with Gasteiger partial charge in [-0.3, -0.25) is 0 Å². The van der Waals surface area contributed by atoms with Gasteiger partial charge in [0.25, 0.3) is 10.0 Å². The highest BCUT2D eigenvalue weighted by atomic mass is 32.2. The summed E-state index contributed by atoms with van der Waals surface area (Å²) in [4.78, 5) is 0.960. The quantitative estimate of drug-likeness (QED) is 0.757. The van der Waals surface area contributed by atoms with E-state index in [0.29, 0.717) is 19.4 Å². The van der Waals surface area contributed by atoms with Gasteiger partial charge in [0.1, 0.15) is 4.21 Å². The van der Waals surface area contributed by atoms with Gasteiger partial charge in [-0.05, 0) is 31.5 Å². The summed E-state index contributed by atoms with van der Waals surface area (Å²) in [5.74, 6) is 2.40. The van der Waals surface area contributed by atoms with Crippen LogP contribution in [0.25, 0.3) is 0 Å². The fourth-order valence-corrected chi connectivity index (χ4v) is 3.89. The van der Waals surface area contributed by atoms with Crippen LogP contribution in [0.3, 0.4) is 0 Å². The molecule has 1 rings (SSSR count). The molecule has 1 aromatic rings. The first-order chi connectivity index (χ1) is 8.03. The van der Waals surface area contributed by atoms with Crippen molar-refractivity contribution in [1.82, 2.24) is 4.72 Å². The SMILES string of the molecule is C#CC(CC)NS(=O)(=O)c1ccc(CCN)s1. The van der Waals surface area contributed by atoms with Crippen molar-refractivity contribution >= 4 is 21.4 Å². The largest absolute Gasteiger partial charge is 0.330 e. The molecule has 0 saturated heterocycles. The van der Waals surface area contributed by atoms with Crippen LogP contribution in [0.5, 0.6) is 0 Å². The van der Waals surface area contributed by atoms with Crippen LogP contribution in [-0.4, -0.2) is 21.0 Å². The van der Waals surface area contributed by atoms with Crippen LogP contribution in [-0.2, 0) is 16.4 Å². The third-order valence-corrected chi connectivity index (χ3v) is 5.31. The lowest BCUT2D eigenvalue weighted by Crippen LogP contribution is -2.32. The van der Waals surface area contributed by atoms with Gasteiger partial charge in [-0.2, -0.15) is 4.72 Å². The van der Waals surface area contributed by atoms with Gasteiger partial charge in [-0.25, -0.2) is 8.42 Å². The van der Waals surface area contributed by atoms with Crippen LogP contribution in [0.15, 0.2) is 16.3 Å². The van der Waals surface area contributed by atoms with Crippen molar-refractivity contribution in [1.29, 1.82) is 0 Å². The lowest BCUT2D eigenvalue weighted by molar-refractivity contribution is 0.572. The second kappa shape index (κ2) is 6.17. The predicted molar refractivity (Wildman–Crippen MR) is 70.3 cm³/mol. The van der Waals surface area contributed by atoms with E-state index in [9.17, 15) is 8.42 Å². The van der Waals surface area contributed by atoms with Crippen LogP contribution in [0.2, 0.25) is 0 Å². The summed E-state index contributed by atoms with van der Waals surface area (Å²) >= 11 is 1.23. The second-order valence-electron chi connectivity index (χ2n) is 3.51. The Balaban J connectivity index is 2.86. The van der Waals surface area contributed by atoms with E-state index in [-0.39, 0.29) is 4.21 Å². The summed E-state index contributed by atoms with van der Waals surface area (Å²) in [5.41, 5.74) is 5.42. The number of hydrogen-bond acceptors (Lipinski definition) is 4. The molecule has 0 spiro atoms. The van der Waals surface area contributed by atoms with Crippen molar-refractivity contribution < 1.29 is 8.42 Å². The Kier molecular flexibility index (Phi) is 5.15.